The summed E-state index contributed by atoms with van der Waals surface area (Å²) in [6, 6.07) is 3.35. The topological polar surface area (TPSA) is 92.4 Å². The molecule has 5 nitrogen and oxygen atoms in total. The third kappa shape index (κ3) is 4.05. The van der Waals surface area contributed by atoms with Crippen LogP contribution in [0, 0.1) is 5.92 Å². The van der Waals surface area contributed by atoms with Crippen molar-refractivity contribution in [1.29, 1.82) is 0 Å². The Hall–Kier alpha value is -1.40. The first kappa shape index (κ1) is 15.0. The highest BCUT2D eigenvalue weighted by atomic mass is 32.1. The Morgan fingerprint density at radius 3 is 2.90 bits per heavy atom. The summed E-state index contributed by atoms with van der Waals surface area (Å²) >= 11 is 1.46. The predicted octanol–water partition coefficient (Wildman–Crippen LogP) is 1.90. The maximum atomic E-state index is 12.3. The number of rotatable bonds is 5. The van der Waals surface area contributed by atoms with E-state index in [4.69, 9.17) is 10.8 Å². The van der Waals surface area contributed by atoms with Gasteiger partial charge in [-0.1, -0.05) is 12.5 Å². The molecule has 0 saturated heterocycles. The fourth-order valence-corrected chi connectivity index (χ4v) is 3.42. The molecule has 110 valence electrons. The van der Waals surface area contributed by atoms with E-state index in [1.165, 1.54) is 11.3 Å². The van der Waals surface area contributed by atoms with Gasteiger partial charge in [0.25, 0.3) is 0 Å². The molecule has 0 bridgehead atoms. The van der Waals surface area contributed by atoms with Crippen LogP contribution in [-0.4, -0.2) is 23.0 Å². The maximum Gasteiger partial charge on any atom is 0.305 e. The molecule has 0 aromatic carbocycles. The standard InChI is InChI=1S/C14H20N2O3S/c15-10-4-1-3-9(7-10)14(19)16-11(8-13(17)18)12-5-2-6-20-12/h2,5-6,9-11H,1,3-4,7-8,15H2,(H,16,19)(H,17,18). The number of nitrogens with one attached hydrogen (secondary N) is 1. The van der Waals surface area contributed by atoms with Crippen molar-refractivity contribution < 1.29 is 14.7 Å². The largest absolute Gasteiger partial charge is 0.481 e. The minimum absolute atomic E-state index is 0.0696. The first-order valence-electron chi connectivity index (χ1n) is 6.87. The van der Waals surface area contributed by atoms with Gasteiger partial charge in [-0.2, -0.15) is 0 Å². The second kappa shape index (κ2) is 6.85. The van der Waals surface area contributed by atoms with Crippen LogP contribution in [0.25, 0.3) is 0 Å². The Kier molecular flexibility index (Phi) is 5.14. The van der Waals surface area contributed by atoms with Gasteiger partial charge in [-0.05, 0) is 30.7 Å². The van der Waals surface area contributed by atoms with E-state index in [0.717, 1.165) is 24.1 Å². The highest BCUT2D eigenvalue weighted by molar-refractivity contribution is 7.10. The van der Waals surface area contributed by atoms with Crippen LogP contribution in [0.15, 0.2) is 17.5 Å². The van der Waals surface area contributed by atoms with Crippen LogP contribution in [0.2, 0.25) is 0 Å². The molecule has 1 saturated carbocycles. The quantitative estimate of drug-likeness (QED) is 0.773. The van der Waals surface area contributed by atoms with Crippen molar-refractivity contribution in [2.45, 2.75) is 44.2 Å². The number of carboxylic acid groups (broad SMARTS) is 1. The molecule has 1 heterocycles. The van der Waals surface area contributed by atoms with Gasteiger partial charge in [0.1, 0.15) is 0 Å². The van der Waals surface area contributed by atoms with E-state index in [9.17, 15) is 9.59 Å². The molecule has 1 aromatic heterocycles. The second-order valence-electron chi connectivity index (χ2n) is 5.30. The molecular formula is C14H20N2O3S. The van der Waals surface area contributed by atoms with Crippen molar-refractivity contribution in [3.05, 3.63) is 22.4 Å². The SMILES string of the molecule is NC1CCCC(C(=O)NC(CC(=O)O)c2cccs2)C1. The summed E-state index contributed by atoms with van der Waals surface area (Å²) in [5.41, 5.74) is 5.90. The molecule has 6 heteroatoms. The summed E-state index contributed by atoms with van der Waals surface area (Å²) in [7, 11) is 0. The second-order valence-corrected chi connectivity index (χ2v) is 6.28. The first-order chi connectivity index (χ1) is 9.56. The van der Waals surface area contributed by atoms with Crippen LogP contribution in [0.5, 0.6) is 0 Å². The molecule has 3 atom stereocenters. The average molecular weight is 296 g/mol. The number of amides is 1. The Morgan fingerprint density at radius 1 is 1.50 bits per heavy atom. The van der Waals surface area contributed by atoms with Gasteiger partial charge < -0.3 is 16.2 Å². The molecule has 1 aliphatic carbocycles. The first-order valence-corrected chi connectivity index (χ1v) is 7.75. The normalized spacial score (nSPS) is 24.1. The molecule has 20 heavy (non-hydrogen) atoms. The Balaban J connectivity index is 2.00. The lowest BCUT2D eigenvalue weighted by molar-refractivity contribution is -0.138. The molecule has 1 aliphatic rings. The number of hydrogen-bond donors (Lipinski definition) is 3. The fraction of sp³-hybridized carbons (Fsp3) is 0.571. The predicted molar refractivity (Wildman–Crippen MR) is 77.4 cm³/mol. The van der Waals surface area contributed by atoms with E-state index >= 15 is 0 Å². The third-order valence-electron chi connectivity index (χ3n) is 3.67. The number of carbonyl (C=O) groups excluding carboxylic acids is 1. The van der Waals surface area contributed by atoms with Crippen molar-refractivity contribution >= 4 is 23.2 Å². The van der Waals surface area contributed by atoms with Gasteiger partial charge in [0, 0.05) is 16.8 Å². The van der Waals surface area contributed by atoms with E-state index in [2.05, 4.69) is 5.32 Å². The number of aliphatic carboxylic acids is 1. The van der Waals surface area contributed by atoms with E-state index in [0.29, 0.717) is 6.42 Å². The maximum absolute atomic E-state index is 12.3. The Bertz CT molecular complexity index is 461. The van der Waals surface area contributed by atoms with Gasteiger partial charge in [-0.15, -0.1) is 11.3 Å². The zero-order valence-corrected chi connectivity index (χ0v) is 12.1. The van der Waals surface area contributed by atoms with Gasteiger partial charge in [0.15, 0.2) is 0 Å². The number of nitrogens with two attached hydrogens (primary N) is 1. The highest BCUT2D eigenvalue weighted by Gasteiger charge is 2.28. The summed E-state index contributed by atoms with van der Waals surface area (Å²) < 4.78 is 0. The Labute approximate surface area is 122 Å². The molecule has 2 rings (SSSR count). The lowest BCUT2D eigenvalue weighted by atomic mass is 9.85. The van der Waals surface area contributed by atoms with E-state index in [1.54, 1.807) is 0 Å². The van der Waals surface area contributed by atoms with Crippen LogP contribution in [0.1, 0.15) is 43.0 Å². The summed E-state index contributed by atoms with van der Waals surface area (Å²) in [6.07, 6.45) is 3.36. The van der Waals surface area contributed by atoms with Gasteiger partial charge in [0.05, 0.1) is 12.5 Å². The minimum atomic E-state index is -0.913. The number of hydrogen-bond acceptors (Lipinski definition) is 4. The van der Waals surface area contributed by atoms with Gasteiger partial charge in [0.2, 0.25) is 5.91 Å². The van der Waals surface area contributed by atoms with Crippen molar-refractivity contribution in [1.82, 2.24) is 5.32 Å². The van der Waals surface area contributed by atoms with E-state index in [-0.39, 0.29) is 24.3 Å². The lowest BCUT2D eigenvalue weighted by Crippen LogP contribution is -2.39. The fourth-order valence-electron chi connectivity index (χ4n) is 2.64. The van der Waals surface area contributed by atoms with E-state index in [1.807, 2.05) is 17.5 Å². The molecule has 0 spiro atoms. The number of carbonyl (C=O) groups is 2. The molecule has 0 aliphatic heterocycles. The van der Waals surface area contributed by atoms with Crippen molar-refractivity contribution in [2.24, 2.45) is 11.7 Å². The van der Waals surface area contributed by atoms with Crippen LogP contribution in [0.3, 0.4) is 0 Å². The summed E-state index contributed by atoms with van der Waals surface area (Å²) in [5, 5.41) is 13.7. The third-order valence-corrected chi connectivity index (χ3v) is 4.65. The molecule has 4 N–H and O–H groups in total. The summed E-state index contributed by atoms with van der Waals surface area (Å²) in [6.45, 7) is 0. The van der Waals surface area contributed by atoms with Crippen LogP contribution >= 0.6 is 11.3 Å². The number of thiophene rings is 1. The van der Waals surface area contributed by atoms with Crippen molar-refractivity contribution in [3.63, 3.8) is 0 Å². The van der Waals surface area contributed by atoms with Crippen molar-refractivity contribution in [3.8, 4) is 0 Å². The summed E-state index contributed by atoms with van der Waals surface area (Å²) in [4.78, 5) is 24.1. The monoisotopic (exact) mass is 296 g/mol. The van der Waals surface area contributed by atoms with Crippen LogP contribution < -0.4 is 11.1 Å². The summed E-state index contributed by atoms with van der Waals surface area (Å²) in [5.74, 6) is -1.07. The molecule has 3 unspecified atom stereocenters. The van der Waals surface area contributed by atoms with Crippen LogP contribution in [-0.2, 0) is 9.59 Å². The van der Waals surface area contributed by atoms with Gasteiger partial charge >= 0.3 is 5.97 Å². The van der Waals surface area contributed by atoms with Gasteiger partial charge in [-0.3, -0.25) is 9.59 Å². The molecule has 1 aromatic rings. The molecule has 1 amide bonds. The lowest BCUT2D eigenvalue weighted by Gasteiger charge is -2.27. The van der Waals surface area contributed by atoms with Gasteiger partial charge in [-0.25, -0.2) is 0 Å². The Morgan fingerprint density at radius 2 is 2.30 bits per heavy atom. The molecule has 1 fully saturated rings. The van der Waals surface area contributed by atoms with E-state index < -0.39 is 12.0 Å². The highest BCUT2D eigenvalue weighted by Crippen LogP contribution is 2.26. The smallest absolute Gasteiger partial charge is 0.305 e. The molecule has 0 radical (unpaired) electrons. The van der Waals surface area contributed by atoms with Crippen molar-refractivity contribution in [2.75, 3.05) is 0 Å². The minimum Gasteiger partial charge on any atom is -0.481 e. The molecular weight excluding hydrogens is 276 g/mol. The average Bonchev–Trinajstić information content (AvgIpc) is 2.91. The zero-order valence-electron chi connectivity index (χ0n) is 11.2. The zero-order chi connectivity index (χ0) is 14.5. The van der Waals surface area contributed by atoms with Crippen LogP contribution in [0.4, 0.5) is 0 Å². The number of carboxylic acids is 1.